The number of hydrogen-bond donors (Lipinski definition) is 2. The molecule has 1 aliphatic heterocycles. The molecule has 0 saturated carbocycles. The first kappa shape index (κ1) is 22.5. The van der Waals surface area contributed by atoms with E-state index in [1.807, 2.05) is 19.1 Å². The molecule has 2 N–H and O–H groups in total. The van der Waals surface area contributed by atoms with Crippen LogP contribution >= 0.6 is 0 Å². The van der Waals surface area contributed by atoms with E-state index in [-0.39, 0.29) is 18.2 Å². The number of pyridine rings is 1. The highest BCUT2D eigenvalue weighted by atomic mass is 19.4. The van der Waals surface area contributed by atoms with Crippen molar-refractivity contribution >= 4 is 11.6 Å². The normalized spacial score (nSPS) is 15.2. The van der Waals surface area contributed by atoms with Crippen molar-refractivity contribution in [2.24, 2.45) is 4.99 Å². The number of nitrogens with zero attached hydrogens (tertiary/aromatic N) is 4. The van der Waals surface area contributed by atoms with E-state index >= 15 is 0 Å². The van der Waals surface area contributed by atoms with E-state index < -0.39 is 12.8 Å². The lowest BCUT2D eigenvalue weighted by atomic mass is 10.2. The molecule has 1 aliphatic rings. The van der Waals surface area contributed by atoms with Gasteiger partial charge >= 0.3 is 6.18 Å². The molecule has 0 unspecified atom stereocenters. The minimum atomic E-state index is -4.43. The summed E-state index contributed by atoms with van der Waals surface area (Å²) >= 11 is 0. The number of aliphatic imine (C=N–C) groups is 1. The van der Waals surface area contributed by atoms with Crippen molar-refractivity contribution in [3.8, 4) is 11.6 Å². The first-order valence-electron chi connectivity index (χ1n) is 10.1. The molecule has 3 rings (SSSR count). The number of phenolic OH excluding ortho intramolecular Hbond substituents is 1. The monoisotopic (exact) mass is 437 g/mol. The van der Waals surface area contributed by atoms with Gasteiger partial charge in [-0.05, 0) is 25.1 Å². The quantitative estimate of drug-likeness (QED) is 0.535. The number of halogens is 3. The lowest BCUT2D eigenvalue weighted by molar-refractivity contribution is -0.154. The number of guanidine groups is 1. The average Bonchev–Trinajstić information content (AvgIpc) is 2.76. The Balaban J connectivity index is 1.66. The van der Waals surface area contributed by atoms with Gasteiger partial charge in [0.15, 0.2) is 12.6 Å². The molecule has 1 aromatic heterocycles. The van der Waals surface area contributed by atoms with E-state index in [1.165, 1.54) is 6.20 Å². The third kappa shape index (κ3) is 6.40. The van der Waals surface area contributed by atoms with E-state index in [4.69, 9.17) is 4.74 Å². The van der Waals surface area contributed by atoms with Gasteiger partial charge in [0.1, 0.15) is 5.75 Å². The standard InChI is InChI=1S/C21H26F3N5O2/c1-2-25-20(27-14-16-6-5-9-26-19(16)31-15-21(22,23)24)29-12-10-28(11-13-29)17-7-3-4-8-18(17)30/h3-9,30H,2,10-15H2,1H3,(H,25,27). The summed E-state index contributed by atoms with van der Waals surface area (Å²) in [7, 11) is 0. The van der Waals surface area contributed by atoms with Gasteiger partial charge < -0.3 is 25.0 Å². The number of alkyl halides is 3. The lowest BCUT2D eigenvalue weighted by Gasteiger charge is -2.37. The van der Waals surface area contributed by atoms with Crippen LogP contribution in [0.15, 0.2) is 47.6 Å². The number of piperazine rings is 1. The second kappa shape index (κ2) is 10.2. The smallest absolute Gasteiger partial charge is 0.422 e. The van der Waals surface area contributed by atoms with Crippen LogP contribution in [0.2, 0.25) is 0 Å². The summed E-state index contributed by atoms with van der Waals surface area (Å²) in [6, 6.07) is 10.5. The number of hydrogen-bond acceptors (Lipinski definition) is 5. The van der Waals surface area contributed by atoms with E-state index in [0.717, 1.165) is 5.69 Å². The second-order valence-corrected chi connectivity index (χ2v) is 7.00. The fraction of sp³-hybridized carbons (Fsp3) is 0.429. The van der Waals surface area contributed by atoms with Crippen molar-refractivity contribution in [2.75, 3.05) is 44.2 Å². The molecule has 0 spiro atoms. The minimum absolute atomic E-state index is 0.0659. The topological polar surface area (TPSA) is 73.2 Å². The molecule has 0 bridgehead atoms. The van der Waals surface area contributed by atoms with Crippen LogP contribution in [0.3, 0.4) is 0 Å². The van der Waals surface area contributed by atoms with Crippen LogP contribution in [-0.4, -0.2) is 66.5 Å². The Labute approximate surface area is 179 Å². The Bertz CT molecular complexity index is 883. The zero-order valence-corrected chi connectivity index (χ0v) is 17.3. The predicted molar refractivity (Wildman–Crippen MR) is 112 cm³/mol. The molecule has 2 aromatic rings. The Kier molecular flexibility index (Phi) is 7.43. The number of benzene rings is 1. The third-order valence-corrected chi connectivity index (χ3v) is 4.76. The molecule has 168 valence electrons. The summed E-state index contributed by atoms with van der Waals surface area (Å²) in [5.41, 5.74) is 1.28. The van der Waals surface area contributed by atoms with Gasteiger partial charge in [0, 0.05) is 44.5 Å². The molecular formula is C21H26F3N5O2. The fourth-order valence-electron chi connectivity index (χ4n) is 3.30. The van der Waals surface area contributed by atoms with Crippen LogP contribution < -0.4 is 15.0 Å². The van der Waals surface area contributed by atoms with Gasteiger partial charge in [-0.3, -0.25) is 0 Å². The minimum Gasteiger partial charge on any atom is -0.506 e. The Morgan fingerprint density at radius 3 is 2.58 bits per heavy atom. The van der Waals surface area contributed by atoms with Crippen molar-refractivity contribution in [3.63, 3.8) is 0 Å². The summed E-state index contributed by atoms with van der Waals surface area (Å²) in [4.78, 5) is 12.7. The number of para-hydroxylation sites is 2. The fourth-order valence-corrected chi connectivity index (χ4v) is 3.30. The molecule has 31 heavy (non-hydrogen) atoms. The summed E-state index contributed by atoms with van der Waals surface area (Å²) in [5, 5.41) is 13.3. The van der Waals surface area contributed by atoms with Crippen LogP contribution in [0.25, 0.3) is 0 Å². The van der Waals surface area contributed by atoms with Gasteiger partial charge in [0.25, 0.3) is 0 Å². The molecule has 1 fully saturated rings. The zero-order valence-electron chi connectivity index (χ0n) is 17.3. The molecule has 1 saturated heterocycles. The van der Waals surface area contributed by atoms with Crippen LogP contribution in [0, 0.1) is 0 Å². The molecule has 0 amide bonds. The van der Waals surface area contributed by atoms with Gasteiger partial charge in [-0.2, -0.15) is 13.2 Å². The summed E-state index contributed by atoms with van der Waals surface area (Å²) in [6.07, 6.45) is -3.04. The van der Waals surface area contributed by atoms with Gasteiger partial charge in [-0.25, -0.2) is 9.98 Å². The maximum Gasteiger partial charge on any atom is 0.422 e. The van der Waals surface area contributed by atoms with Crippen molar-refractivity contribution in [1.29, 1.82) is 0 Å². The van der Waals surface area contributed by atoms with Crippen LogP contribution in [0.5, 0.6) is 11.6 Å². The number of ether oxygens (including phenoxy) is 1. The van der Waals surface area contributed by atoms with E-state index in [9.17, 15) is 18.3 Å². The number of anilines is 1. The number of nitrogens with one attached hydrogen (secondary N) is 1. The van der Waals surface area contributed by atoms with Crippen LogP contribution in [0.4, 0.5) is 18.9 Å². The molecule has 2 heterocycles. The summed E-state index contributed by atoms with van der Waals surface area (Å²) in [6.45, 7) is 4.13. The zero-order chi connectivity index (χ0) is 22.3. The van der Waals surface area contributed by atoms with Crippen LogP contribution in [0.1, 0.15) is 12.5 Å². The third-order valence-electron chi connectivity index (χ3n) is 4.76. The molecule has 7 nitrogen and oxygen atoms in total. The molecule has 10 heteroatoms. The molecule has 0 atom stereocenters. The summed E-state index contributed by atoms with van der Waals surface area (Å²) < 4.78 is 42.3. The van der Waals surface area contributed by atoms with Crippen molar-refractivity contribution in [2.45, 2.75) is 19.6 Å². The molecule has 0 aliphatic carbocycles. The van der Waals surface area contributed by atoms with E-state index in [0.29, 0.717) is 44.2 Å². The highest BCUT2D eigenvalue weighted by Gasteiger charge is 2.29. The molecule has 0 radical (unpaired) electrons. The first-order valence-corrected chi connectivity index (χ1v) is 10.1. The highest BCUT2D eigenvalue weighted by molar-refractivity contribution is 5.80. The number of phenols is 1. The first-order chi connectivity index (χ1) is 14.9. The SMILES string of the molecule is CCNC(=NCc1cccnc1OCC(F)(F)F)N1CCN(c2ccccc2O)CC1. The largest absolute Gasteiger partial charge is 0.506 e. The van der Waals surface area contributed by atoms with Crippen molar-refractivity contribution < 1.29 is 23.0 Å². The lowest BCUT2D eigenvalue weighted by Crippen LogP contribution is -2.52. The van der Waals surface area contributed by atoms with Crippen LogP contribution in [-0.2, 0) is 6.54 Å². The Hall–Kier alpha value is -3.17. The maximum atomic E-state index is 12.5. The molecule has 1 aromatic carbocycles. The van der Waals surface area contributed by atoms with Crippen molar-refractivity contribution in [1.82, 2.24) is 15.2 Å². The highest BCUT2D eigenvalue weighted by Crippen LogP contribution is 2.27. The Morgan fingerprint density at radius 2 is 1.90 bits per heavy atom. The van der Waals surface area contributed by atoms with Gasteiger partial charge in [-0.1, -0.05) is 18.2 Å². The number of aromatic hydroxyl groups is 1. The van der Waals surface area contributed by atoms with E-state index in [1.54, 1.807) is 24.3 Å². The number of aromatic nitrogens is 1. The van der Waals surface area contributed by atoms with Gasteiger partial charge in [0.05, 0.1) is 12.2 Å². The number of rotatable bonds is 6. The predicted octanol–water partition coefficient (Wildman–Crippen LogP) is 3.02. The maximum absolute atomic E-state index is 12.5. The Morgan fingerprint density at radius 1 is 1.16 bits per heavy atom. The second-order valence-electron chi connectivity index (χ2n) is 7.00. The van der Waals surface area contributed by atoms with Crippen molar-refractivity contribution in [3.05, 3.63) is 48.2 Å². The summed E-state index contributed by atoms with van der Waals surface area (Å²) in [5.74, 6) is 0.855. The van der Waals surface area contributed by atoms with E-state index in [2.05, 4.69) is 25.1 Å². The van der Waals surface area contributed by atoms with Gasteiger partial charge in [0.2, 0.25) is 5.88 Å². The molecular weight excluding hydrogens is 411 g/mol. The van der Waals surface area contributed by atoms with Gasteiger partial charge in [-0.15, -0.1) is 0 Å². The average molecular weight is 437 g/mol.